The minimum absolute atomic E-state index is 0.889. The van der Waals surface area contributed by atoms with Gasteiger partial charge >= 0.3 is 71.9 Å². The molecular formula is C20H30Cl4Ta2. The number of rotatable bonds is 0. The first-order valence-electron chi connectivity index (χ1n) is 8.18. The molecule has 6 heteroatoms. The number of halogens is 4. The second-order valence-electron chi connectivity index (χ2n) is 6.38. The fraction of sp³-hybridized carbons (Fsp3) is 0.500. The zero-order chi connectivity index (χ0) is 21.2. The molecule has 0 amide bonds. The minimum atomic E-state index is -0.889. The molecule has 2 rings (SSSR count). The summed E-state index contributed by atoms with van der Waals surface area (Å²) in [5, 5.41) is 0. The van der Waals surface area contributed by atoms with Crippen LogP contribution in [0.1, 0.15) is 69.2 Å². The molecule has 0 heterocycles. The molecule has 10 radical (unpaired) electrons. The van der Waals surface area contributed by atoms with E-state index in [9.17, 15) is 0 Å². The third-order valence-electron chi connectivity index (χ3n) is 5.62. The molecule has 0 N–H and O–H groups in total. The van der Waals surface area contributed by atoms with E-state index >= 15 is 0 Å². The monoisotopic (exact) mass is 772 g/mol. The van der Waals surface area contributed by atoms with E-state index in [2.05, 4.69) is 69.2 Å². The molecule has 2 aliphatic carbocycles. The van der Waals surface area contributed by atoms with Crippen molar-refractivity contribution in [2.45, 2.75) is 69.2 Å². The molecule has 0 aromatic heterocycles. The van der Waals surface area contributed by atoms with Crippen LogP contribution in [-0.2, 0) is 35.2 Å². The van der Waals surface area contributed by atoms with E-state index in [1.165, 1.54) is 59.2 Å². The summed E-state index contributed by atoms with van der Waals surface area (Å²) in [5.74, 6) is 14.7. The van der Waals surface area contributed by atoms with Gasteiger partial charge in [0.2, 0.25) is 0 Å². The molecule has 0 atom stereocenters. The predicted molar refractivity (Wildman–Crippen MR) is 113 cm³/mol. The van der Waals surface area contributed by atoms with Gasteiger partial charge in [-0.2, -0.15) is 0 Å². The summed E-state index contributed by atoms with van der Waals surface area (Å²) < 4.78 is 0. The van der Waals surface area contributed by atoms with Crippen LogP contribution in [-0.4, -0.2) is 0 Å². The average Bonchev–Trinajstić information content (AvgIpc) is 2.87. The Bertz CT molecular complexity index is 224. The Kier molecular flexibility index (Phi) is 19.4. The van der Waals surface area contributed by atoms with Crippen molar-refractivity contribution in [2.75, 3.05) is 0 Å². The van der Waals surface area contributed by atoms with Crippen LogP contribution in [0.4, 0.5) is 0 Å². The summed E-state index contributed by atoms with van der Waals surface area (Å²) >= 11 is -1.78. The van der Waals surface area contributed by atoms with E-state index in [4.69, 9.17) is 36.8 Å². The Balaban J connectivity index is 0. The average molecular weight is 774 g/mol. The van der Waals surface area contributed by atoms with Crippen molar-refractivity contribution in [3.05, 3.63) is 59.2 Å². The summed E-state index contributed by atoms with van der Waals surface area (Å²) in [6.07, 6.45) is 0. The van der Waals surface area contributed by atoms with E-state index in [-0.39, 0.29) is 0 Å². The van der Waals surface area contributed by atoms with Gasteiger partial charge in [-0.05, 0) is 59.2 Å². The molecule has 148 valence electrons. The van der Waals surface area contributed by atoms with E-state index in [0.717, 1.165) is 0 Å². The summed E-state index contributed by atoms with van der Waals surface area (Å²) in [6, 6.07) is 0. The molecule has 0 nitrogen and oxygen atoms in total. The van der Waals surface area contributed by atoms with Gasteiger partial charge in [-0.25, -0.2) is 0 Å². The second kappa shape index (κ2) is 16.3. The van der Waals surface area contributed by atoms with Gasteiger partial charge in [-0.3, -0.25) is 0 Å². The quantitative estimate of drug-likeness (QED) is 0.231. The van der Waals surface area contributed by atoms with Crippen LogP contribution in [0.15, 0.2) is 0 Å². The van der Waals surface area contributed by atoms with Crippen LogP contribution in [0, 0.1) is 59.2 Å². The van der Waals surface area contributed by atoms with Gasteiger partial charge in [0, 0.05) is 0 Å². The van der Waals surface area contributed by atoms with Crippen molar-refractivity contribution < 1.29 is 35.2 Å². The van der Waals surface area contributed by atoms with Gasteiger partial charge in [-0.15, -0.1) is 0 Å². The molecule has 0 saturated heterocycles. The SMILES string of the molecule is C[C]1[C](C)[C](C)[C](C)[C]1C.C[C]1[C](C)[C](C)[C](C)[C]1C.[Cl][Ta][Cl].[Cl][Ta][Cl]. The van der Waals surface area contributed by atoms with Crippen LogP contribution >= 0.6 is 36.8 Å². The second-order valence-corrected chi connectivity index (χ2v) is 15.7. The molecule has 0 spiro atoms. The normalized spacial score (nSPS) is 23.0. The molecule has 0 unspecified atom stereocenters. The van der Waals surface area contributed by atoms with E-state index in [1.54, 1.807) is 0 Å². The van der Waals surface area contributed by atoms with Gasteiger partial charge in [0.15, 0.2) is 0 Å². The van der Waals surface area contributed by atoms with E-state index < -0.39 is 35.2 Å². The summed E-state index contributed by atoms with van der Waals surface area (Å²) in [5.41, 5.74) is 0. The Morgan fingerprint density at radius 1 is 0.308 bits per heavy atom. The van der Waals surface area contributed by atoms with Crippen molar-refractivity contribution >= 4 is 36.8 Å². The molecule has 0 bridgehead atoms. The van der Waals surface area contributed by atoms with Crippen molar-refractivity contribution in [3.8, 4) is 0 Å². The van der Waals surface area contributed by atoms with E-state index in [1.807, 2.05) is 0 Å². The maximum atomic E-state index is 4.94. The van der Waals surface area contributed by atoms with Crippen LogP contribution in [0.25, 0.3) is 0 Å². The van der Waals surface area contributed by atoms with Crippen LogP contribution in [0.2, 0.25) is 0 Å². The number of hydrogen-bond donors (Lipinski definition) is 0. The van der Waals surface area contributed by atoms with Crippen LogP contribution in [0.5, 0.6) is 0 Å². The fourth-order valence-corrected chi connectivity index (χ4v) is 2.81. The van der Waals surface area contributed by atoms with Gasteiger partial charge in [0.05, 0.1) is 0 Å². The summed E-state index contributed by atoms with van der Waals surface area (Å²) in [6.45, 7) is 22.0. The fourth-order valence-electron chi connectivity index (χ4n) is 2.81. The molecule has 2 aliphatic rings. The summed E-state index contributed by atoms with van der Waals surface area (Å²) in [7, 11) is 19.8. The Morgan fingerprint density at radius 2 is 0.346 bits per heavy atom. The molecule has 2 saturated carbocycles. The first kappa shape index (κ1) is 30.8. The molecular weight excluding hydrogens is 744 g/mol. The molecule has 26 heavy (non-hydrogen) atoms. The summed E-state index contributed by atoms with van der Waals surface area (Å²) in [4.78, 5) is 0. The van der Waals surface area contributed by atoms with Gasteiger partial charge in [0.1, 0.15) is 0 Å². The third kappa shape index (κ3) is 9.63. The van der Waals surface area contributed by atoms with Crippen molar-refractivity contribution in [3.63, 3.8) is 0 Å². The first-order valence-corrected chi connectivity index (χ1v) is 24.1. The predicted octanol–water partition coefficient (Wildman–Crippen LogP) is 8.70. The van der Waals surface area contributed by atoms with Crippen molar-refractivity contribution in [1.82, 2.24) is 0 Å². The Labute approximate surface area is 198 Å². The molecule has 0 aromatic rings. The molecule has 2 fully saturated rings. The van der Waals surface area contributed by atoms with Gasteiger partial charge in [-0.1, -0.05) is 69.2 Å². The van der Waals surface area contributed by atoms with Crippen molar-refractivity contribution in [2.24, 2.45) is 0 Å². The van der Waals surface area contributed by atoms with Crippen LogP contribution < -0.4 is 0 Å². The Hall–Kier alpha value is 2.64. The van der Waals surface area contributed by atoms with E-state index in [0.29, 0.717) is 0 Å². The first-order chi connectivity index (χ1) is 11.9. The standard InChI is InChI=1S/2C10H15.4ClH.2Ta/c2*1-6-7(2)9(4)10(5)8(6)3;;;;;;/h2*1-5H3;4*1H;;/q;;;;;;2*+2/p-4. The molecule has 0 aromatic carbocycles. The van der Waals surface area contributed by atoms with Gasteiger partial charge in [0.25, 0.3) is 0 Å². The van der Waals surface area contributed by atoms with Crippen molar-refractivity contribution in [1.29, 1.82) is 0 Å². The van der Waals surface area contributed by atoms with Gasteiger partial charge < -0.3 is 0 Å². The third-order valence-corrected chi connectivity index (χ3v) is 5.62. The zero-order valence-corrected chi connectivity index (χ0v) is 26.9. The topological polar surface area (TPSA) is 0 Å². The van der Waals surface area contributed by atoms with Crippen LogP contribution in [0.3, 0.4) is 0 Å². The molecule has 0 aliphatic heterocycles. The maximum absolute atomic E-state index is 4.94. The zero-order valence-electron chi connectivity index (χ0n) is 17.4. The number of hydrogen-bond acceptors (Lipinski definition) is 0. The Morgan fingerprint density at radius 3 is 0.385 bits per heavy atom.